The molecule has 0 amide bonds. The molecule has 0 unspecified atom stereocenters. The van der Waals surface area contributed by atoms with E-state index in [1.165, 1.54) is 19.1 Å². The molecule has 0 N–H and O–H groups in total. The molecule has 0 fully saturated rings. The second-order valence-corrected chi connectivity index (χ2v) is 6.08. The lowest BCUT2D eigenvalue weighted by atomic mass is 10.1. The van der Waals surface area contributed by atoms with Crippen molar-refractivity contribution in [2.75, 3.05) is 12.4 Å². The number of rotatable bonds is 6. The Morgan fingerprint density at radius 2 is 1.74 bits per heavy atom. The molecule has 0 aliphatic carbocycles. The Labute approximate surface area is 112 Å². The summed E-state index contributed by atoms with van der Waals surface area (Å²) in [5, 5.41) is 0. The first-order valence-electron chi connectivity index (χ1n) is 5.82. The Bertz CT molecular complexity index is 557. The molecule has 0 bridgehead atoms. The summed E-state index contributed by atoms with van der Waals surface area (Å²) in [7, 11) is -3.58. The predicted molar refractivity (Wildman–Crippen MR) is 69.5 cm³/mol. The van der Waals surface area contributed by atoms with Crippen LogP contribution in [0.15, 0.2) is 29.2 Å². The van der Waals surface area contributed by atoms with Gasteiger partial charge in [0.15, 0.2) is 9.84 Å². The van der Waals surface area contributed by atoms with Crippen LogP contribution in [0, 0.1) is 0 Å². The van der Waals surface area contributed by atoms with Crippen molar-refractivity contribution in [3.05, 3.63) is 29.8 Å². The van der Waals surface area contributed by atoms with Crippen LogP contribution in [-0.2, 0) is 30.6 Å². The summed E-state index contributed by atoms with van der Waals surface area (Å²) >= 11 is 0. The summed E-state index contributed by atoms with van der Waals surface area (Å²) in [5.74, 6) is -1.28. The van der Waals surface area contributed by atoms with E-state index >= 15 is 0 Å². The number of carbonyl (C=O) groups is 2. The smallest absolute Gasteiger partial charge is 0.310 e. The van der Waals surface area contributed by atoms with Gasteiger partial charge in [-0.25, -0.2) is 8.42 Å². The number of ether oxygens (including phenoxy) is 1. The van der Waals surface area contributed by atoms with Crippen LogP contribution >= 0.6 is 0 Å². The summed E-state index contributed by atoms with van der Waals surface area (Å²) < 4.78 is 28.3. The van der Waals surface area contributed by atoms with E-state index in [9.17, 15) is 18.0 Å². The number of ketones is 1. The van der Waals surface area contributed by atoms with Gasteiger partial charge >= 0.3 is 5.97 Å². The number of esters is 1. The van der Waals surface area contributed by atoms with Crippen molar-refractivity contribution < 1.29 is 22.7 Å². The SMILES string of the molecule is CCOC(=O)Cc1ccc(S(=O)(=O)CC(C)=O)cc1. The minimum atomic E-state index is -3.58. The van der Waals surface area contributed by atoms with Crippen LogP contribution in [0.3, 0.4) is 0 Å². The van der Waals surface area contributed by atoms with E-state index in [0.717, 1.165) is 0 Å². The van der Waals surface area contributed by atoms with Gasteiger partial charge in [0.1, 0.15) is 11.5 Å². The van der Waals surface area contributed by atoms with Gasteiger partial charge in [0.05, 0.1) is 17.9 Å². The third kappa shape index (κ3) is 4.82. The number of carbonyl (C=O) groups excluding carboxylic acids is 2. The fraction of sp³-hybridized carbons (Fsp3) is 0.385. The summed E-state index contributed by atoms with van der Waals surface area (Å²) in [6.45, 7) is 3.26. The second-order valence-electron chi connectivity index (χ2n) is 4.09. The standard InChI is InChI=1S/C13H16O5S/c1-3-18-13(15)8-11-4-6-12(7-5-11)19(16,17)9-10(2)14/h4-7H,3,8-9H2,1-2H3. The Kier molecular flexibility index (Phi) is 5.23. The van der Waals surface area contributed by atoms with Crippen LogP contribution in [0.2, 0.25) is 0 Å². The Hall–Kier alpha value is -1.69. The molecular weight excluding hydrogens is 268 g/mol. The highest BCUT2D eigenvalue weighted by Crippen LogP contribution is 2.13. The zero-order chi connectivity index (χ0) is 14.5. The van der Waals surface area contributed by atoms with Gasteiger partial charge in [0.25, 0.3) is 0 Å². The highest BCUT2D eigenvalue weighted by Gasteiger charge is 2.16. The lowest BCUT2D eigenvalue weighted by Crippen LogP contribution is -2.13. The highest BCUT2D eigenvalue weighted by atomic mass is 32.2. The van der Waals surface area contributed by atoms with Crippen molar-refractivity contribution in [1.29, 1.82) is 0 Å². The Balaban J connectivity index is 2.82. The van der Waals surface area contributed by atoms with Crippen molar-refractivity contribution in [3.63, 3.8) is 0 Å². The van der Waals surface area contributed by atoms with Gasteiger partial charge in [-0.05, 0) is 31.5 Å². The van der Waals surface area contributed by atoms with Crippen molar-refractivity contribution >= 4 is 21.6 Å². The van der Waals surface area contributed by atoms with E-state index in [4.69, 9.17) is 4.74 Å². The molecule has 0 atom stereocenters. The maximum atomic E-state index is 11.8. The van der Waals surface area contributed by atoms with Gasteiger partial charge < -0.3 is 4.74 Å². The number of sulfone groups is 1. The molecule has 1 aromatic carbocycles. The molecule has 19 heavy (non-hydrogen) atoms. The lowest BCUT2D eigenvalue weighted by molar-refractivity contribution is -0.142. The van der Waals surface area contributed by atoms with Crippen LogP contribution < -0.4 is 0 Å². The molecule has 0 aliphatic rings. The van der Waals surface area contributed by atoms with Crippen LogP contribution in [0.4, 0.5) is 0 Å². The maximum Gasteiger partial charge on any atom is 0.310 e. The quantitative estimate of drug-likeness (QED) is 0.732. The first kappa shape index (κ1) is 15.4. The van der Waals surface area contributed by atoms with Crippen molar-refractivity contribution in [3.8, 4) is 0 Å². The van der Waals surface area contributed by atoms with Crippen LogP contribution in [-0.4, -0.2) is 32.5 Å². The largest absolute Gasteiger partial charge is 0.466 e. The van der Waals surface area contributed by atoms with Crippen molar-refractivity contribution in [2.24, 2.45) is 0 Å². The summed E-state index contributed by atoms with van der Waals surface area (Å²) in [6, 6.07) is 5.88. The first-order chi connectivity index (χ1) is 8.85. The molecule has 0 radical (unpaired) electrons. The lowest BCUT2D eigenvalue weighted by Gasteiger charge is -2.05. The van der Waals surface area contributed by atoms with Crippen LogP contribution in [0.5, 0.6) is 0 Å². The van der Waals surface area contributed by atoms with Gasteiger partial charge in [-0.1, -0.05) is 12.1 Å². The Morgan fingerprint density at radius 3 is 2.21 bits per heavy atom. The third-order valence-electron chi connectivity index (χ3n) is 2.33. The van der Waals surface area contributed by atoms with E-state index in [2.05, 4.69) is 0 Å². The van der Waals surface area contributed by atoms with Gasteiger partial charge in [0.2, 0.25) is 0 Å². The third-order valence-corrected chi connectivity index (χ3v) is 4.11. The van der Waals surface area contributed by atoms with Crippen molar-refractivity contribution in [2.45, 2.75) is 25.2 Å². The first-order valence-corrected chi connectivity index (χ1v) is 7.47. The number of Topliss-reactive ketones (excluding diaryl/α,β-unsaturated/α-hetero) is 1. The van der Waals surface area contributed by atoms with Gasteiger partial charge in [-0.3, -0.25) is 9.59 Å². The molecule has 0 aliphatic heterocycles. The normalized spacial score (nSPS) is 11.1. The number of benzene rings is 1. The van der Waals surface area contributed by atoms with Crippen molar-refractivity contribution in [1.82, 2.24) is 0 Å². The zero-order valence-corrected chi connectivity index (χ0v) is 11.7. The fourth-order valence-electron chi connectivity index (χ4n) is 1.54. The molecular formula is C13H16O5S. The monoisotopic (exact) mass is 284 g/mol. The molecule has 1 aromatic rings. The predicted octanol–water partition coefficient (Wildman–Crippen LogP) is 1.15. The average molecular weight is 284 g/mol. The second kappa shape index (κ2) is 6.47. The number of hydrogen-bond donors (Lipinski definition) is 0. The molecule has 0 saturated heterocycles. The molecule has 0 aromatic heterocycles. The van der Waals surface area contributed by atoms with E-state index in [1.807, 2.05) is 0 Å². The van der Waals surface area contributed by atoms with Gasteiger partial charge in [-0.2, -0.15) is 0 Å². The average Bonchev–Trinajstić information content (AvgIpc) is 2.28. The van der Waals surface area contributed by atoms with E-state index in [0.29, 0.717) is 12.2 Å². The topological polar surface area (TPSA) is 77.5 Å². The molecule has 104 valence electrons. The molecule has 0 spiro atoms. The zero-order valence-electron chi connectivity index (χ0n) is 10.9. The molecule has 0 saturated carbocycles. The fourth-order valence-corrected chi connectivity index (χ4v) is 2.80. The van der Waals surface area contributed by atoms with E-state index < -0.39 is 21.4 Å². The summed E-state index contributed by atoms with van der Waals surface area (Å²) in [4.78, 5) is 22.2. The van der Waals surface area contributed by atoms with Gasteiger partial charge in [0, 0.05) is 0 Å². The molecule has 6 heteroatoms. The Morgan fingerprint density at radius 1 is 1.16 bits per heavy atom. The summed E-state index contributed by atoms with van der Waals surface area (Å²) in [6.07, 6.45) is 0.0981. The van der Waals surface area contributed by atoms with E-state index in [-0.39, 0.29) is 17.3 Å². The summed E-state index contributed by atoms with van der Waals surface area (Å²) in [5.41, 5.74) is 0.667. The highest BCUT2D eigenvalue weighted by molar-refractivity contribution is 7.92. The van der Waals surface area contributed by atoms with E-state index in [1.54, 1.807) is 19.1 Å². The van der Waals surface area contributed by atoms with Gasteiger partial charge in [-0.15, -0.1) is 0 Å². The molecule has 5 nitrogen and oxygen atoms in total. The van der Waals surface area contributed by atoms with Crippen LogP contribution in [0.25, 0.3) is 0 Å². The molecule has 1 rings (SSSR count). The minimum absolute atomic E-state index is 0.0790. The number of hydrogen-bond acceptors (Lipinski definition) is 5. The maximum absolute atomic E-state index is 11.8. The van der Waals surface area contributed by atoms with Crippen LogP contribution in [0.1, 0.15) is 19.4 Å². The molecule has 0 heterocycles. The minimum Gasteiger partial charge on any atom is -0.466 e.